The fourth-order valence-electron chi connectivity index (χ4n) is 1.84. The van der Waals surface area contributed by atoms with Crippen molar-refractivity contribution in [3.05, 3.63) is 29.6 Å². The van der Waals surface area contributed by atoms with E-state index in [2.05, 4.69) is 4.74 Å². The van der Waals surface area contributed by atoms with Crippen molar-refractivity contribution in [1.29, 1.82) is 10.8 Å². The minimum Gasteiger partial charge on any atom is -0.494 e. The molecular formula is C15H18F4N2O3. The molecule has 0 radical (unpaired) electrons. The maximum absolute atomic E-state index is 13.8. The minimum absolute atomic E-state index is 0.114. The molecule has 9 heteroatoms. The van der Waals surface area contributed by atoms with Gasteiger partial charge in [-0.25, -0.2) is 4.39 Å². The average Bonchev–Trinajstić information content (AvgIpc) is 2.43. The Morgan fingerprint density at radius 3 is 2.54 bits per heavy atom. The number of ether oxygens (including phenoxy) is 2. The van der Waals surface area contributed by atoms with Gasteiger partial charge >= 0.3 is 6.18 Å². The summed E-state index contributed by atoms with van der Waals surface area (Å²) in [5.74, 6) is -1.28. The van der Waals surface area contributed by atoms with E-state index in [1.807, 2.05) is 0 Å². The first kappa shape index (κ1) is 19.9. The molecule has 0 aromatic heterocycles. The molecule has 0 aliphatic carbocycles. The van der Waals surface area contributed by atoms with Gasteiger partial charge in [-0.1, -0.05) is 0 Å². The minimum atomic E-state index is -4.26. The fraction of sp³-hybridized carbons (Fsp3) is 0.467. The molecule has 0 unspecified atom stereocenters. The smallest absolute Gasteiger partial charge is 0.389 e. The van der Waals surface area contributed by atoms with Gasteiger partial charge in [-0.2, -0.15) is 13.2 Å². The van der Waals surface area contributed by atoms with Crippen LogP contribution < -0.4 is 4.74 Å². The van der Waals surface area contributed by atoms with Crippen molar-refractivity contribution in [2.24, 2.45) is 0 Å². The van der Waals surface area contributed by atoms with Crippen LogP contribution in [0.1, 0.15) is 37.9 Å². The summed E-state index contributed by atoms with van der Waals surface area (Å²) in [5.41, 5.74) is -0.167. The highest BCUT2D eigenvalue weighted by Gasteiger charge is 2.26. The zero-order valence-electron chi connectivity index (χ0n) is 12.9. The largest absolute Gasteiger partial charge is 0.494 e. The number of aliphatic hydroxyl groups is 1. The van der Waals surface area contributed by atoms with Gasteiger partial charge in [0.2, 0.25) is 0 Å². The van der Waals surface area contributed by atoms with Gasteiger partial charge in [-0.3, -0.25) is 10.8 Å². The van der Waals surface area contributed by atoms with Crippen LogP contribution in [0.25, 0.3) is 0 Å². The topological polar surface area (TPSA) is 86.4 Å². The monoisotopic (exact) mass is 350 g/mol. The van der Waals surface area contributed by atoms with Crippen LogP contribution in [-0.2, 0) is 4.74 Å². The van der Waals surface area contributed by atoms with Gasteiger partial charge in [0, 0.05) is 18.9 Å². The molecule has 1 atom stereocenters. The van der Waals surface area contributed by atoms with Gasteiger partial charge in [-0.05, 0) is 24.6 Å². The second-order valence-electron chi connectivity index (χ2n) is 5.05. The van der Waals surface area contributed by atoms with Crippen LogP contribution >= 0.6 is 0 Å². The Hall–Kier alpha value is -2.16. The summed E-state index contributed by atoms with van der Waals surface area (Å²) < 4.78 is 59.6. The first-order valence-electron chi connectivity index (χ1n) is 7.06. The van der Waals surface area contributed by atoms with Gasteiger partial charge < -0.3 is 14.6 Å². The van der Waals surface area contributed by atoms with Gasteiger partial charge in [0.25, 0.3) is 0 Å². The van der Waals surface area contributed by atoms with E-state index in [0.717, 1.165) is 12.1 Å². The molecule has 1 aromatic rings. The summed E-state index contributed by atoms with van der Waals surface area (Å²) in [6, 6.07) is 3.42. The Balaban J connectivity index is 2.65. The van der Waals surface area contributed by atoms with Crippen molar-refractivity contribution >= 4 is 11.8 Å². The summed E-state index contributed by atoms with van der Waals surface area (Å²) in [4.78, 5) is 0. The van der Waals surface area contributed by atoms with E-state index in [9.17, 15) is 22.7 Å². The molecule has 0 heterocycles. The van der Waals surface area contributed by atoms with Crippen molar-refractivity contribution in [1.82, 2.24) is 0 Å². The molecule has 0 amide bonds. The van der Waals surface area contributed by atoms with Gasteiger partial charge in [0.1, 0.15) is 11.6 Å². The van der Waals surface area contributed by atoms with E-state index in [1.165, 1.54) is 13.0 Å². The first-order valence-corrected chi connectivity index (χ1v) is 7.06. The second-order valence-corrected chi connectivity index (χ2v) is 5.05. The SMILES string of the molecule is CC(=N)OC(=N)C[C@@H](O)c1cc(OCCCC(F)(F)F)ccc1F. The van der Waals surface area contributed by atoms with E-state index in [1.54, 1.807) is 0 Å². The quantitative estimate of drug-likeness (QED) is 0.301. The maximum atomic E-state index is 13.8. The zero-order valence-corrected chi connectivity index (χ0v) is 12.9. The van der Waals surface area contributed by atoms with Crippen LogP contribution in [0.5, 0.6) is 5.75 Å². The number of rotatable bonds is 7. The molecule has 0 aliphatic rings. The zero-order chi connectivity index (χ0) is 18.3. The van der Waals surface area contributed by atoms with E-state index in [-0.39, 0.29) is 36.7 Å². The standard InChI is InChI=1S/C15H18F4N2O3/c1-9(20)24-14(21)8-13(22)11-7-10(3-4-12(11)16)23-6-2-5-15(17,18)19/h3-4,7,13,20-22H,2,5-6,8H2,1H3/t13-/m1/s1. The molecule has 3 N–H and O–H groups in total. The average molecular weight is 350 g/mol. The van der Waals surface area contributed by atoms with Crippen LogP contribution in [0.3, 0.4) is 0 Å². The molecule has 5 nitrogen and oxygen atoms in total. The maximum Gasteiger partial charge on any atom is 0.389 e. The highest BCUT2D eigenvalue weighted by atomic mass is 19.4. The van der Waals surface area contributed by atoms with Crippen molar-refractivity contribution < 1.29 is 32.1 Å². The first-order chi connectivity index (χ1) is 11.1. The lowest BCUT2D eigenvalue weighted by Crippen LogP contribution is -2.13. The Kier molecular flexibility index (Phi) is 7.15. The highest BCUT2D eigenvalue weighted by Crippen LogP contribution is 2.26. The predicted octanol–water partition coefficient (Wildman–Crippen LogP) is 3.96. The molecule has 0 spiro atoms. The van der Waals surface area contributed by atoms with Crippen molar-refractivity contribution in [3.8, 4) is 5.75 Å². The van der Waals surface area contributed by atoms with Crippen LogP contribution in [0, 0.1) is 16.6 Å². The summed E-state index contributed by atoms with van der Waals surface area (Å²) in [6.45, 7) is 1.10. The summed E-state index contributed by atoms with van der Waals surface area (Å²) in [5, 5.41) is 24.5. The lowest BCUT2D eigenvalue weighted by atomic mass is 10.1. The molecule has 1 aromatic carbocycles. The third-order valence-electron chi connectivity index (χ3n) is 2.85. The van der Waals surface area contributed by atoms with E-state index in [0.29, 0.717) is 0 Å². The van der Waals surface area contributed by atoms with Crippen LogP contribution in [0.15, 0.2) is 18.2 Å². The van der Waals surface area contributed by atoms with Crippen LogP contribution in [0.4, 0.5) is 17.6 Å². The summed E-state index contributed by atoms with van der Waals surface area (Å²) in [6.07, 6.45) is -7.25. The lowest BCUT2D eigenvalue weighted by molar-refractivity contribution is -0.136. The molecule has 0 fully saturated rings. The Morgan fingerprint density at radius 1 is 1.29 bits per heavy atom. The van der Waals surface area contributed by atoms with Gasteiger partial charge in [0.15, 0.2) is 11.8 Å². The number of halogens is 4. The third-order valence-corrected chi connectivity index (χ3v) is 2.85. The Bertz CT molecular complexity index is 591. The molecule has 0 bridgehead atoms. The van der Waals surface area contributed by atoms with Crippen molar-refractivity contribution in [2.45, 2.75) is 38.5 Å². The van der Waals surface area contributed by atoms with Gasteiger partial charge in [0.05, 0.1) is 19.1 Å². The van der Waals surface area contributed by atoms with Crippen molar-refractivity contribution in [3.63, 3.8) is 0 Å². The highest BCUT2D eigenvalue weighted by molar-refractivity contribution is 5.87. The van der Waals surface area contributed by atoms with E-state index in [4.69, 9.17) is 15.6 Å². The Labute approximate surface area is 136 Å². The fourth-order valence-corrected chi connectivity index (χ4v) is 1.84. The number of aliphatic hydroxyl groups excluding tert-OH is 1. The summed E-state index contributed by atoms with van der Waals surface area (Å²) in [7, 11) is 0. The number of hydrogen-bond donors (Lipinski definition) is 3. The summed E-state index contributed by atoms with van der Waals surface area (Å²) >= 11 is 0. The molecule has 0 aliphatic heterocycles. The van der Waals surface area contributed by atoms with E-state index < -0.39 is 30.4 Å². The number of hydrogen-bond acceptors (Lipinski definition) is 5. The number of benzene rings is 1. The second kappa shape index (κ2) is 8.62. The van der Waals surface area contributed by atoms with Crippen LogP contribution in [-0.4, -0.2) is 29.7 Å². The number of alkyl halides is 3. The van der Waals surface area contributed by atoms with E-state index >= 15 is 0 Å². The predicted molar refractivity (Wildman–Crippen MR) is 79.0 cm³/mol. The lowest BCUT2D eigenvalue weighted by Gasteiger charge is -2.14. The van der Waals surface area contributed by atoms with Crippen molar-refractivity contribution in [2.75, 3.05) is 6.61 Å². The molecular weight excluding hydrogens is 332 g/mol. The molecule has 0 saturated carbocycles. The van der Waals surface area contributed by atoms with Crippen LogP contribution in [0.2, 0.25) is 0 Å². The third kappa shape index (κ3) is 7.40. The molecule has 134 valence electrons. The molecule has 1 rings (SSSR count). The normalized spacial score (nSPS) is 12.6. The number of nitrogens with one attached hydrogen (secondary N) is 2. The van der Waals surface area contributed by atoms with Gasteiger partial charge in [-0.15, -0.1) is 0 Å². The Morgan fingerprint density at radius 2 is 1.96 bits per heavy atom. The molecule has 0 saturated heterocycles. The molecule has 24 heavy (non-hydrogen) atoms.